The number of benzene rings is 1. The molecular weight excluding hydrogens is 246 g/mol. The number of nitrogens with zero attached hydrogens (tertiary/aromatic N) is 2. The number of nitrogens with two attached hydrogens (primary N) is 1. The van der Waals surface area contributed by atoms with Crippen LogP contribution in [0.15, 0.2) is 12.1 Å². The highest BCUT2D eigenvalue weighted by Crippen LogP contribution is 2.32. The number of amides is 1. The van der Waals surface area contributed by atoms with Crippen LogP contribution in [-0.4, -0.2) is 23.9 Å². The average molecular weight is 263 g/mol. The number of carbonyl (C=O) groups excluding carboxylic acids is 1. The molecule has 0 saturated carbocycles. The van der Waals surface area contributed by atoms with E-state index >= 15 is 0 Å². The monoisotopic (exact) mass is 263 g/mol. The van der Waals surface area contributed by atoms with Crippen molar-refractivity contribution in [1.29, 1.82) is 0 Å². The zero-order valence-corrected chi connectivity index (χ0v) is 11.0. The van der Waals surface area contributed by atoms with E-state index in [1.54, 1.807) is 17.9 Å². The van der Waals surface area contributed by atoms with Crippen molar-refractivity contribution in [2.24, 2.45) is 11.7 Å². The number of nitro benzene ring substituents is 1. The van der Waals surface area contributed by atoms with Crippen LogP contribution in [0.4, 0.5) is 11.4 Å². The first kappa shape index (κ1) is 13.5. The highest BCUT2D eigenvalue weighted by Gasteiger charge is 2.31. The van der Waals surface area contributed by atoms with E-state index in [0.717, 1.165) is 5.56 Å². The second-order valence-electron chi connectivity index (χ2n) is 4.99. The molecule has 1 aromatic carbocycles. The Balaban J connectivity index is 2.42. The van der Waals surface area contributed by atoms with Crippen molar-refractivity contribution < 1.29 is 9.72 Å². The third kappa shape index (κ3) is 2.44. The van der Waals surface area contributed by atoms with Crippen LogP contribution in [0.1, 0.15) is 17.5 Å². The van der Waals surface area contributed by atoms with Gasteiger partial charge < -0.3 is 10.6 Å². The van der Waals surface area contributed by atoms with Gasteiger partial charge in [-0.15, -0.1) is 0 Å². The molecule has 1 aromatic rings. The highest BCUT2D eigenvalue weighted by atomic mass is 16.6. The maximum atomic E-state index is 12.0. The van der Waals surface area contributed by atoms with Crippen molar-refractivity contribution >= 4 is 17.3 Å². The van der Waals surface area contributed by atoms with E-state index in [1.807, 2.05) is 6.92 Å². The topological polar surface area (TPSA) is 89.5 Å². The Hall–Kier alpha value is -1.95. The Morgan fingerprint density at radius 1 is 1.42 bits per heavy atom. The van der Waals surface area contributed by atoms with E-state index in [9.17, 15) is 14.9 Å². The first-order valence-corrected chi connectivity index (χ1v) is 6.20. The van der Waals surface area contributed by atoms with Gasteiger partial charge in [0, 0.05) is 24.6 Å². The minimum atomic E-state index is -0.417. The summed E-state index contributed by atoms with van der Waals surface area (Å²) >= 11 is 0. The van der Waals surface area contributed by atoms with Gasteiger partial charge in [-0.2, -0.15) is 0 Å². The first-order chi connectivity index (χ1) is 8.93. The van der Waals surface area contributed by atoms with Gasteiger partial charge in [-0.1, -0.05) is 0 Å². The highest BCUT2D eigenvalue weighted by molar-refractivity contribution is 5.96. The zero-order chi connectivity index (χ0) is 14.2. The minimum Gasteiger partial charge on any atom is -0.330 e. The number of rotatable bonds is 3. The van der Waals surface area contributed by atoms with E-state index in [4.69, 9.17) is 5.73 Å². The largest absolute Gasteiger partial charge is 0.330 e. The van der Waals surface area contributed by atoms with Crippen molar-refractivity contribution in [2.45, 2.75) is 20.3 Å². The fourth-order valence-corrected chi connectivity index (χ4v) is 2.49. The summed E-state index contributed by atoms with van der Waals surface area (Å²) in [4.78, 5) is 24.1. The molecule has 1 atom stereocenters. The van der Waals surface area contributed by atoms with Crippen LogP contribution >= 0.6 is 0 Å². The smallest absolute Gasteiger partial charge is 0.274 e. The van der Waals surface area contributed by atoms with Gasteiger partial charge in [0.15, 0.2) is 0 Å². The number of anilines is 1. The van der Waals surface area contributed by atoms with Gasteiger partial charge in [-0.05, 0) is 37.9 Å². The number of hydrogen-bond acceptors (Lipinski definition) is 4. The SMILES string of the molecule is Cc1cc(C)c([N+](=O)[O-])cc1N1CC(CN)CC1=O. The Kier molecular flexibility index (Phi) is 3.53. The van der Waals surface area contributed by atoms with Crippen LogP contribution in [0, 0.1) is 29.9 Å². The first-order valence-electron chi connectivity index (χ1n) is 6.20. The van der Waals surface area contributed by atoms with Crippen LogP contribution in [0.5, 0.6) is 0 Å². The van der Waals surface area contributed by atoms with Crippen LogP contribution in [-0.2, 0) is 4.79 Å². The fraction of sp³-hybridized carbons (Fsp3) is 0.462. The Bertz CT molecular complexity index is 542. The normalized spacial score (nSPS) is 19.0. The molecular formula is C13H17N3O3. The van der Waals surface area contributed by atoms with Crippen molar-refractivity contribution in [1.82, 2.24) is 0 Å². The molecule has 0 aliphatic carbocycles. The molecule has 0 bridgehead atoms. The molecule has 2 rings (SSSR count). The summed E-state index contributed by atoms with van der Waals surface area (Å²) in [6, 6.07) is 3.23. The fourth-order valence-electron chi connectivity index (χ4n) is 2.49. The molecule has 1 amide bonds. The lowest BCUT2D eigenvalue weighted by Crippen LogP contribution is -2.26. The second-order valence-corrected chi connectivity index (χ2v) is 4.99. The third-order valence-electron chi connectivity index (χ3n) is 3.54. The lowest BCUT2D eigenvalue weighted by molar-refractivity contribution is -0.385. The maximum Gasteiger partial charge on any atom is 0.274 e. The lowest BCUT2D eigenvalue weighted by Gasteiger charge is -2.19. The number of aryl methyl sites for hydroxylation is 2. The molecule has 6 nitrogen and oxygen atoms in total. The zero-order valence-electron chi connectivity index (χ0n) is 11.0. The lowest BCUT2D eigenvalue weighted by atomic mass is 10.1. The molecule has 19 heavy (non-hydrogen) atoms. The van der Waals surface area contributed by atoms with E-state index < -0.39 is 4.92 Å². The summed E-state index contributed by atoms with van der Waals surface area (Å²) in [5.74, 6) is 0.115. The Morgan fingerprint density at radius 3 is 2.63 bits per heavy atom. The van der Waals surface area contributed by atoms with E-state index in [0.29, 0.717) is 30.8 Å². The van der Waals surface area contributed by atoms with Crippen molar-refractivity contribution in [2.75, 3.05) is 18.0 Å². The standard InChI is InChI=1S/C13H17N3O3/c1-8-3-9(2)12(16(18)19)5-11(8)15-7-10(6-14)4-13(15)17/h3,5,10H,4,6-7,14H2,1-2H3. The quantitative estimate of drug-likeness (QED) is 0.661. The molecule has 1 aliphatic rings. The van der Waals surface area contributed by atoms with E-state index in [1.165, 1.54) is 6.07 Å². The predicted molar refractivity (Wildman–Crippen MR) is 72.1 cm³/mol. The van der Waals surface area contributed by atoms with Crippen LogP contribution < -0.4 is 10.6 Å². The molecule has 1 unspecified atom stereocenters. The van der Waals surface area contributed by atoms with E-state index in [-0.39, 0.29) is 17.5 Å². The van der Waals surface area contributed by atoms with Crippen LogP contribution in [0.2, 0.25) is 0 Å². The maximum absolute atomic E-state index is 12.0. The van der Waals surface area contributed by atoms with E-state index in [2.05, 4.69) is 0 Å². The Morgan fingerprint density at radius 2 is 2.11 bits per heavy atom. The molecule has 1 heterocycles. The van der Waals surface area contributed by atoms with Gasteiger partial charge in [0.1, 0.15) is 0 Å². The summed E-state index contributed by atoms with van der Waals surface area (Å²) in [6.45, 7) is 4.55. The molecule has 0 aromatic heterocycles. The predicted octanol–water partition coefficient (Wildman–Crippen LogP) is 1.52. The molecule has 6 heteroatoms. The number of hydrogen-bond donors (Lipinski definition) is 1. The molecule has 102 valence electrons. The van der Waals surface area contributed by atoms with Crippen LogP contribution in [0.25, 0.3) is 0 Å². The minimum absolute atomic E-state index is 0.0169. The Labute approximate surface area is 111 Å². The molecule has 1 fully saturated rings. The van der Waals surface area contributed by atoms with Crippen molar-refractivity contribution in [3.8, 4) is 0 Å². The van der Waals surface area contributed by atoms with Gasteiger partial charge in [0.05, 0.1) is 10.6 Å². The number of carbonyl (C=O) groups is 1. The molecule has 1 saturated heterocycles. The number of nitro groups is 1. The third-order valence-corrected chi connectivity index (χ3v) is 3.54. The van der Waals surface area contributed by atoms with Gasteiger partial charge in [-0.3, -0.25) is 14.9 Å². The summed E-state index contributed by atoms with van der Waals surface area (Å²) in [7, 11) is 0. The van der Waals surface area contributed by atoms with Gasteiger partial charge >= 0.3 is 0 Å². The second kappa shape index (κ2) is 4.97. The molecule has 0 radical (unpaired) electrons. The summed E-state index contributed by atoms with van der Waals surface area (Å²) in [5, 5.41) is 11.0. The summed E-state index contributed by atoms with van der Waals surface area (Å²) in [6.07, 6.45) is 0.414. The molecule has 2 N–H and O–H groups in total. The van der Waals surface area contributed by atoms with Crippen LogP contribution in [0.3, 0.4) is 0 Å². The average Bonchev–Trinajstić information content (AvgIpc) is 2.70. The van der Waals surface area contributed by atoms with Gasteiger partial charge in [0.2, 0.25) is 5.91 Å². The van der Waals surface area contributed by atoms with Crippen molar-refractivity contribution in [3.63, 3.8) is 0 Å². The molecule has 1 aliphatic heterocycles. The summed E-state index contributed by atoms with van der Waals surface area (Å²) in [5.41, 5.74) is 7.73. The summed E-state index contributed by atoms with van der Waals surface area (Å²) < 4.78 is 0. The molecule has 0 spiro atoms. The van der Waals surface area contributed by atoms with Gasteiger partial charge in [-0.25, -0.2) is 0 Å². The van der Waals surface area contributed by atoms with Gasteiger partial charge in [0.25, 0.3) is 5.69 Å². The van der Waals surface area contributed by atoms with Crippen molar-refractivity contribution in [3.05, 3.63) is 33.4 Å².